The predicted octanol–water partition coefficient (Wildman–Crippen LogP) is 2.68. The van der Waals surface area contributed by atoms with Gasteiger partial charge in [0, 0.05) is 5.56 Å². The first-order chi connectivity index (χ1) is 9.54. The van der Waals surface area contributed by atoms with E-state index in [9.17, 15) is 27.2 Å². The van der Waals surface area contributed by atoms with Crippen LogP contribution in [-0.4, -0.2) is 23.0 Å². The highest BCUT2D eigenvalue weighted by Crippen LogP contribution is 2.31. The van der Waals surface area contributed by atoms with Crippen LogP contribution >= 0.6 is 0 Å². The van der Waals surface area contributed by atoms with E-state index in [0.29, 0.717) is 12.1 Å². The highest BCUT2D eigenvalue weighted by Gasteiger charge is 2.34. The normalized spacial score (nSPS) is 13.1. The average Bonchev–Trinajstić information content (AvgIpc) is 2.32. The molecule has 0 bridgehead atoms. The lowest BCUT2D eigenvalue weighted by atomic mass is 10.0. The van der Waals surface area contributed by atoms with Crippen molar-refractivity contribution >= 4 is 11.9 Å². The summed E-state index contributed by atoms with van der Waals surface area (Å²) >= 11 is 0. The van der Waals surface area contributed by atoms with E-state index in [1.54, 1.807) is 13.8 Å². The van der Waals surface area contributed by atoms with Gasteiger partial charge in [-0.3, -0.25) is 4.79 Å². The van der Waals surface area contributed by atoms with Gasteiger partial charge in [0.15, 0.2) is 0 Å². The molecule has 1 aromatic rings. The van der Waals surface area contributed by atoms with Crippen molar-refractivity contribution < 1.29 is 32.3 Å². The Morgan fingerprint density at radius 1 is 1.24 bits per heavy atom. The summed E-state index contributed by atoms with van der Waals surface area (Å²) in [6.07, 6.45) is -4.86. The summed E-state index contributed by atoms with van der Waals surface area (Å²) in [5.41, 5.74) is -1.87. The Hall–Kier alpha value is -2.12. The zero-order chi connectivity index (χ0) is 16.4. The van der Waals surface area contributed by atoms with Crippen LogP contribution < -0.4 is 5.32 Å². The maximum atomic E-state index is 13.3. The van der Waals surface area contributed by atoms with Gasteiger partial charge >= 0.3 is 12.1 Å². The number of aliphatic carboxylic acids is 1. The maximum absolute atomic E-state index is 13.3. The Bertz CT molecular complexity index is 555. The van der Waals surface area contributed by atoms with Crippen LogP contribution in [0.4, 0.5) is 17.6 Å². The number of carboxylic acids is 1. The van der Waals surface area contributed by atoms with Crippen molar-refractivity contribution in [3.63, 3.8) is 0 Å². The number of carbonyl (C=O) groups is 2. The lowest BCUT2D eigenvalue weighted by Gasteiger charge is -2.18. The van der Waals surface area contributed by atoms with Gasteiger partial charge in [-0.25, -0.2) is 9.18 Å². The van der Waals surface area contributed by atoms with Gasteiger partial charge < -0.3 is 10.4 Å². The molecule has 1 atom stereocenters. The van der Waals surface area contributed by atoms with Crippen molar-refractivity contribution in [3.05, 3.63) is 35.1 Å². The van der Waals surface area contributed by atoms with Gasteiger partial charge in [-0.2, -0.15) is 13.2 Å². The Morgan fingerprint density at radius 2 is 1.81 bits per heavy atom. The summed E-state index contributed by atoms with van der Waals surface area (Å²) in [6.45, 7) is 3.10. The number of carbonyl (C=O) groups excluding carboxylic acids is 1. The fourth-order valence-corrected chi connectivity index (χ4v) is 1.62. The largest absolute Gasteiger partial charge is 0.480 e. The minimum absolute atomic E-state index is 0.382. The highest BCUT2D eigenvalue weighted by molar-refractivity contribution is 5.96. The number of hydrogen-bond acceptors (Lipinski definition) is 2. The van der Waals surface area contributed by atoms with E-state index in [2.05, 4.69) is 5.32 Å². The smallest absolute Gasteiger partial charge is 0.419 e. The van der Waals surface area contributed by atoms with Crippen molar-refractivity contribution in [3.8, 4) is 0 Å². The summed E-state index contributed by atoms with van der Waals surface area (Å²) in [5.74, 6) is -4.27. The van der Waals surface area contributed by atoms with Crippen molar-refractivity contribution in [1.29, 1.82) is 0 Å². The lowest BCUT2D eigenvalue weighted by molar-refractivity contribution is -0.141. The Balaban J connectivity index is 2.99. The molecule has 0 unspecified atom stereocenters. The zero-order valence-electron chi connectivity index (χ0n) is 11.2. The molecule has 1 aromatic carbocycles. The molecule has 0 aliphatic carbocycles. The Kier molecular flexibility index (Phi) is 4.93. The minimum Gasteiger partial charge on any atom is -0.480 e. The van der Waals surface area contributed by atoms with Crippen LogP contribution in [0.1, 0.15) is 29.8 Å². The number of rotatable bonds is 4. The second kappa shape index (κ2) is 6.11. The summed E-state index contributed by atoms with van der Waals surface area (Å²) in [4.78, 5) is 22.7. The molecule has 0 aromatic heterocycles. The van der Waals surface area contributed by atoms with Gasteiger partial charge in [0.25, 0.3) is 5.91 Å². The molecule has 0 spiro atoms. The first-order valence-corrected chi connectivity index (χ1v) is 5.94. The number of alkyl halides is 3. The second-order valence-electron chi connectivity index (χ2n) is 4.73. The number of carboxylic acid groups (broad SMARTS) is 1. The van der Waals surface area contributed by atoms with Crippen LogP contribution in [0, 0.1) is 11.7 Å². The van der Waals surface area contributed by atoms with E-state index >= 15 is 0 Å². The first kappa shape index (κ1) is 16.9. The van der Waals surface area contributed by atoms with Crippen molar-refractivity contribution in [1.82, 2.24) is 5.32 Å². The molecule has 0 heterocycles. The molecule has 1 amide bonds. The van der Waals surface area contributed by atoms with Crippen LogP contribution in [0.15, 0.2) is 18.2 Å². The minimum atomic E-state index is -4.86. The van der Waals surface area contributed by atoms with Crippen LogP contribution in [0.5, 0.6) is 0 Å². The van der Waals surface area contributed by atoms with Crippen molar-refractivity contribution in [2.45, 2.75) is 26.1 Å². The molecule has 1 rings (SSSR count). The molecule has 0 aliphatic heterocycles. The SMILES string of the molecule is CC(C)[C@@H](NC(=O)c1ccc(C(F)(F)F)c(F)c1)C(=O)O. The molecular formula is C13H13F4NO3. The van der Waals surface area contributed by atoms with Crippen molar-refractivity contribution in [2.75, 3.05) is 0 Å². The van der Waals surface area contributed by atoms with Crippen LogP contribution in [0.3, 0.4) is 0 Å². The monoisotopic (exact) mass is 307 g/mol. The van der Waals surface area contributed by atoms with E-state index in [0.717, 1.165) is 6.07 Å². The number of hydrogen-bond donors (Lipinski definition) is 2. The van der Waals surface area contributed by atoms with Gasteiger partial charge in [0.2, 0.25) is 0 Å². The average molecular weight is 307 g/mol. The van der Waals surface area contributed by atoms with E-state index in [-0.39, 0.29) is 5.56 Å². The highest BCUT2D eigenvalue weighted by atomic mass is 19.4. The summed E-state index contributed by atoms with van der Waals surface area (Å²) in [5, 5.41) is 11.0. The van der Waals surface area contributed by atoms with Crippen LogP contribution in [-0.2, 0) is 11.0 Å². The molecule has 4 nitrogen and oxygen atoms in total. The van der Waals surface area contributed by atoms with E-state index in [4.69, 9.17) is 5.11 Å². The zero-order valence-corrected chi connectivity index (χ0v) is 11.2. The molecule has 0 radical (unpaired) electrons. The first-order valence-electron chi connectivity index (χ1n) is 5.94. The van der Waals surface area contributed by atoms with Gasteiger partial charge in [-0.05, 0) is 24.1 Å². The summed E-state index contributed by atoms with van der Waals surface area (Å²) in [6, 6.07) is 0.440. The second-order valence-corrected chi connectivity index (χ2v) is 4.73. The molecule has 21 heavy (non-hydrogen) atoms. The molecule has 0 aliphatic rings. The number of halogens is 4. The molecule has 8 heteroatoms. The molecular weight excluding hydrogens is 294 g/mol. The number of nitrogens with one attached hydrogen (secondary N) is 1. The molecule has 0 saturated carbocycles. The van der Waals surface area contributed by atoms with Crippen LogP contribution in [0.25, 0.3) is 0 Å². The van der Waals surface area contributed by atoms with Crippen LogP contribution in [0.2, 0.25) is 0 Å². The van der Waals surface area contributed by atoms with E-state index < -0.39 is 41.4 Å². The third-order valence-corrected chi connectivity index (χ3v) is 2.76. The fourth-order valence-electron chi connectivity index (χ4n) is 1.62. The van der Waals surface area contributed by atoms with Gasteiger partial charge in [-0.15, -0.1) is 0 Å². The summed E-state index contributed by atoms with van der Waals surface area (Å²) in [7, 11) is 0. The quantitative estimate of drug-likeness (QED) is 0.841. The molecule has 0 saturated heterocycles. The number of amides is 1. The molecule has 2 N–H and O–H groups in total. The van der Waals surface area contributed by atoms with Gasteiger partial charge in [0.05, 0.1) is 5.56 Å². The maximum Gasteiger partial charge on any atom is 0.419 e. The summed E-state index contributed by atoms with van der Waals surface area (Å²) < 4.78 is 50.5. The van der Waals surface area contributed by atoms with E-state index in [1.807, 2.05) is 0 Å². The third-order valence-electron chi connectivity index (χ3n) is 2.76. The van der Waals surface area contributed by atoms with Gasteiger partial charge in [-0.1, -0.05) is 13.8 Å². The van der Waals surface area contributed by atoms with Gasteiger partial charge in [0.1, 0.15) is 11.9 Å². The fraction of sp³-hybridized carbons (Fsp3) is 0.385. The van der Waals surface area contributed by atoms with E-state index in [1.165, 1.54) is 0 Å². The third kappa shape index (κ3) is 4.17. The number of benzene rings is 1. The standard InChI is InChI=1S/C13H13F4NO3/c1-6(2)10(12(20)21)18-11(19)7-3-4-8(9(14)5-7)13(15,16)17/h3-6,10H,1-2H3,(H,18,19)(H,20,21)/t10-/m1/s1. The Morgan fingerprint density at radius 3 is 2.19 bits per heavy atom. The predicted molar refractivity (Wildman–Crippen MR) is 65.1 cm³/mol. The van der Waals surface area contributed by atoms with Crippen molar-refractivity contribution in [2.24, 2.45) is 5.92 Å². The topological polar surface area (TPSA) is 66.4 Å². The Labute approximate surface area is 117 Å². The lowest BCUT2D eigenvalue weighted by Crippen LogP contribution is -2.44. The molecule has 116 valence electrons. The molecule has 0 fully saturated rings.